The number of ether oxygens (including phenoxy) is 1. The molecule has 0 fully saturated rings. The van der Waals surface area contributed by atoms with Crippen molar-refractivity contribution in [3.63, 3.8) is 0 Å². The van der Waals surface area contributed by atoms with Crippen molar-refractivity contribution in [2.75, 3.05) is 17.7 Å². The van der Waals surface area contributed by atoms with Gasteiger partial charge in [-0.2, -0.15) is 0 Å². The molecule has 0 aliphatic heterocycles. The van der Waals surface area contributed by atoms with Gasteiger partial charge in [-0.15, -0.1) is 10.2 Å². The van der Waals surface area contributed by atoms with Crippen LogP contribution in [0.3, 0.4) is 0 Å². The van der Waals surface area contributed by atoms with Crippen molar-refractivity contribution in [3.8, 4) is 5.75 Å². The van der Waals surface area contributed by atoms with Gasteiger partial charge in [0.05, 0.1) is 17.8 Å². The lowest BCUT2D eigenvalue weighted by Crippen LogP contribution is -2.19. The number of hydrogen-bond donors (Lipinski definition) is 2. The van der Waals surface area contributed by atoms with E-state index in [1.165, 1.54) is 11.3 Å². The number of methoxy groups -OCH3 is 1. The fourth-order valence-corrected chi connectivity index (χ4v) is 2.36. The van der Waals surface area contributed by atoms with Gasteiger partial charge in [0.1, 0.15) is 10.8 Å². The highest BCUT2D eigenvalue weighted by Crippen LogP contribution is 2.30. The van der Waals surface area contributed by atoms with Crippen LogP contribution in [0.1, 0.15) is 10.6 Å². The molecular weight excluding hydrogens is 300 g/mol. The van der Waals surface area contributed by atoms with Crippen molar-refractivity contribution >= 4 is 39.8 Å². The van der Waals surface area contributed by atoms with Crippen LogP contribution in [-0.2, 0) is 0 Å². The highest BCUT2D eigenvalue weighted by molar-refractivity contribution is 7.15. The lowest BCUT2D eigenvalue weighted by Gasteiger charge is -2.11. The van der Waals surface area contributed by atoms with Crippen LogP contribution >= 0.6 is 22.9 Å². The number of anilines is 2. The Balaban J connectivity index is 2.09. The first-order valence-corrected chi connectivity index (χ1v) is 6.91. The van der Waals surface area contributed by atoms with E-state index in [0.717, 1.165) is 10.6 Å². The van der Waals surface area contributed by atoms with E-state index >= 15 is 0 Å². The number of amides is 2. The molecule has 2 rings (SSSR count). The molecule has 0 radical (unpaired) electrons. The van der Waals surface area contributed by atoms with Crippen LogP contribution < -0.4 is 15.4 Å². The van der Waals surface area contributed by atoms with Crippen molar-refractivity contribution < 1.29 is 9.53 Å². The monoisotopic (exact) mass is 312 g/mol. The molecular formula is C12H13ClN4O2S. The molecule has 0 atom stereocenters. The molecule has 1 heterocycles. The lowest BCUT2D eigenvalue weighted by atomic mass is 10.2. The SMILES string of the molecule is COc1cc(Cl)c(NC(=O)Nc2nnc(C)s2)cc1C. The second-order valence-electron chi connectivity index (χ2n) is 4.01. The number of aromatic nitrogens is 2. The summed E-state index contributed by atoms with van der Waals surface area (Å²) in [5, 5.41) is 14.5. The molecule has 2 aromatic rings. The first kappa shape index (κ1) is 14.5. The molecule has 0 bridgehead atoms. The average Bonchev–Trinajstić information content (AvgIpc) is 2.78. The number of rotatable bonds is 3. The Kier molecular flexibility index (Phi) is 4.41. The first-order chi connectivity index (χ1) is 9.49. The van der Waals surface area contributed by atoms with E-state index in [1.54, 1.807) is 19.2 Å². The van der Waals surface area contributed by atoms with Gasteiger partial charge in [0.25, 0.3) is 0 Å². The number of carbonyl (C=O) groups is 1. The van der Waals surface area contributed by atoms with Gasteiger partial charge in [-0.05, 0) is 25.5 Å². The summed E-state index contributed by atoms with van der Waals surface area (Å²) in [5.74, 6) is 0.667. The second kappa shape index (κ2) is 6.06. The zero-order valence-corrected chi connectivity index (χ0v) is 12.7. The van der Waals surface area contributed by atoms with Gasteiger partial charge in [0.15, 0.2) is 0 Å². The van der Waals surface area contributed by atoms with Crippen molar-refractivity contribution in [3.05, 3.63) is 27.7 Å². The van der Waals surface area contributed by atoms with Gasteiger partial charge >= 0.3 is 6.03 Å². The molecule has 0 saturated heterocycles. The van der Waals surface area contributed by atoms with Crippen molar-refractivity contribution in [2.45, 2.75) is 13.8 Å². The topological polar surface area (TPSA) is 76.1 Å². The maximum atomic E-state index is 11.8. The van der Waals surface area contributed by atoms with Crippen molar-refractivity contribution in [2.24, 2.45) is 0 Å². The minimum atomic E-state index is -0.424. The van der Waals surface area contributed by atoms with Crippen molar-refractivity contribution in [1.82, 2.24) is 10.2 Å². The number of halogens is 1. The summed E-state index contributed by atoms with van der Waals surface area (Å²) in [6.45, 7) is 3.68. The number of carbonyl (C=O) groups excluding carboxylic acids is 1. The molecule has 1 aromatic carbocycles. The number of hydrogen-bond acceptors (Lipinski definition) is 5. The van der Waals surface area contributed by atoms with Crippen molar-refractivity contribution in [1.29, 1.82) is 0 Å². The molecule has 0 aliphatic rings. The number of benzene rings is 1. The van der Waals surface area contributed by atoms with Gasteiger partial charge in [-0.1, -0.05) is 22.9 Å². The van der Waals surface area contributed by atoms with Crippen LogP contribution in [0.15, 0.2) is 12.1 Å². The van der Waals surface area contributed by atoms with Gasteiger partial charge in [0.2, 0.25) is 5.13 Å². The smallest absolute Gasteiger partial charge is 0.325 e. The van der Waals surface area contributed by atoms with Crippen LogP contribution in [0.2, 0.25) is 5.02 Å². The van der Waals surface area contributed by atoms with E-state index in [2.05, 4.69) is 20.8 Å². The van der Waals surface area contributed by atoms with Gasteiger partial charge < -0.3 is 10.1 Å². The van der Waals surface area contributed by atoms with Crippen LogP contribution in [0.5, 0.6) is 5.75 Å². The molecule has 6 nitrogen and oxygen atoms in total. The zero-order chi connectivity index (χ0) is 14.7. The molecule has 20 heavy (non-hydrogen) atoms. The van der Waals surface area contributed by atoms with E-state index in [1.807, 2.05) is 13.8 Å². The summed E-state index contributed by atoms with van der Waals surface area (Å²) < 4.78 is 5.15. The number of urea groups is 1. The van der Waals surface area contributed by atoms with E-state index in [9.17, 15) is 4.79 Å². The van der Waals surface area contributed by atoms with Crippen LogP contribution in [0.25, 0.3) is 0 Å². The Morgan fingerprint density at radius 2 is 2.05 bits per heavy atom. The van der Waals surface area contributed by atoms with E-state index in [0.29, 0.717) is 21.6 Å². The minimum Gasteiger partial charge on any atom is -0.496 e. The third kappa shape index (κ3) is 3.37. The summed E-state index contributed by atoms with van der Waals surface area (Å²) in [5.41, 5.74) is 1.38. The molecule has 8 heteroatoms. The summed E-state index contributed by atoms with van der Waals surface area (Å²) in [4.78, 5) is 11.8. The molecule has 2 N–H and O–H groups in total. The third-order valence-electron chi connectivity index (χ3n) is 2.48. The maximum absolute atomic E-state index is 11.8. The number of nitrogens with zero attached hydrogens (tertiary/aromatic N) is 2. The highest BCUT2D eigenvalue weighted by atomic mass is 35.5. The molecule has 0 unspecified atom stereocenters. The van der Waals surface area contributed by atoms with E-state index < -0.39 is 6.03 Å². The second-order valence-corrected chi connectivity index (χ2v) is 5.60. The number of nitrogens with one attached hydrogen (secondary N) is 2. The molecule has 2 amide bonds. The van der Waals surface area contributed by atoms with E-state index in [-0.39, 0.29) is 0 Å². The third-order valence-corrected chi connectivity index (χ3v) is 3.55. The maximum Gasteiger partial charge on any atom is 0.325 e. The van der Waals surface area contributed by atoms with Gasteiger partial charge in [-0.25, -0.2) is 4.79 Å². The predicted octanol–water partition coefficient (Wildman–Crippen LogP) is 3.46. The fraction of sp³-hybridized carbons (Fsp3) is 0.250. The van der Waals surface area contributed by atoms with E-state index in [4.69, 9.17) is 16.3 Å². The summed E-state index contributed by atoms with van der Waals surface area (Å²) in [6.07, 6.45) is 0. The molecule has 0 spiro atoms. The van der Waals surface area contributed by atoms with Gasteiger partial charge in [0, 0.05) is 6.07 Å². The molecule has 1 aromatic heterocycles. The molecule has 0 saturated carbocycles. The zero-order valence-electron chi connectivity index (χ0n) is 11.2. The minimum absolute atomic E-state index is 0.399. The average molecular weight is 313 g/mol. The molecule has 0 aliphatic carbocycles. The standard InChI is InChI=1S/C12H13ClN4O2S/c1-6-4-9(8(13)5-10(6)19-3)14-11(18)15-12-17-16-7(2)20-12/h4-5H,1-3H3,(H2,14,15,17,18). The lowest BCUT2D eigenvalue weighted by molar-refractivity contribution is 0.262. The fourth-order valence-electron chi connectivity index (χ4n) is 1.58. The van der Waals surface area contributed by atoms with Crippen LogP contribution in [0.4, 0.5) is 15.6 Å². The van der Waals surface area contributed by atoms with Crippen LogP contribution in [-0.4, -0.2) is 23.3 Å². The Labute approximate surface area is 125 Å². The summed E-state index contributed by atoms with van der Waals surface area (Å²) >= 11 is 7.38. The Morgan fingerprint density at radius 1 is 1.30 bits per heavy atom. The highest BCUT2D eigenvalue weighted by Gasteiger charge is 2.11. The number of aryl methyl sites for hydroxylation is 2. The Morgan fingerprint density at radius 3 is 2.65 bits per heavy atom. The first-order valence-electron chi connectivity index (χ1n) is 5.72. The quantitative estimate of drug-likeness (QED) is 0.910. The largest absolute Gasteiger partial charge is 0.496 e. The van der Waals surface area contributed by atoms with Gasteiger partial charge in [-0.3, -0.25) is 5.32 Å². The Hall–Kier alpha value is -1.86. The normalized spacial score (nSPS) is 10.2. The summed E-state index contributed by atoms with van der Waals surface area (Å²) in [6, 6.07) is 2.97. The summed E-state index contributed by atoms with van der Waals surface area (Å²) in [7, 11) is 1.57. The predicted molar refractivity (Wildman–Crippen MR) is 80.0 cm³/mol. The molecule has 106 valence electrons. The Bertz CT molecular complexity index is 644. The van der Waals surface area contributed by atoms with Crippen LogP contribution in [0, 0.1) is 13.8 Å².